The Morgan fingerprint density at radius 3 is 2.95 bits per heavy atom. The van der Waals surface area contributed by atoms with Gasteiger partial charge in [-0.25, -0.2) is 4.98 Å². The third-order valence-electron chi connectivity index (χ3n) is 3.37. The van der Waals surface area contributed by atoms with E-state index in [1.54, 1.807) is 6.92 Å². The molecule has 0 radical (unpaired) electrons. The number of aromatic nitrogens is 2. The average Bonchev–Trinajstić information content (AvgIpc) is 2.80. The summed E-state index contributed by atoms with van der Waals surface area (Å²) in [6.07, 6.45) is 1.86. The van der Waals surface area contributed by atoms with E-state index in [1.807, 2.05) is 0 Å². The minimum Gasteiger partial charge on any atom is -0.481 e. The summed E-state index contributed by atoms with van der Waals surface area (Å²) in [5, 5.41) is 8.65. The molecule has 1 aromatic heterocycles. The first kappa shape index (κ1) is 13.7. The van der Waals surface area contributed by atoms with Crippen molar-refractivity contribution in [3.05, 3.63) is 27.4 Å². The third kappa shape index (κ3) is 3.64. The van der Waals surface area contributed by atoms with Crippen LogP contribution >= 0.6 is 0 Å². The lowest BCUT2D eigenvalue weighted by Gasteiger charge is -2.09. The number of nitrogens with one attached hydrogen (secondary N) is 1. The highest BCUT2D eigenvalue weighted by molar-refractivity contribution is 5.67. The summed E-state index contributed by atoms with van der Waals surface area (Å²) in [5.74, 6) is 0.162. The number of hydrogen-bond acceptors (Lipinski definition) is 4. The summed E-state index contributed by atoms with van der Waals surface area (Å²) < 4.78 is 5.29. The molecule has 0 bridgehead atoms. The molecule has 1 atom stereocenters. The molecule has 6 heteroatoms. The molecule has 0 spiro atoms. The van der Waals surface area contributed by atoms with E-state index >= 15 is 0 Å². The molecule has 1 aliphatic heterocycles. The number of carbonyl (C=O) groups is 1. The Morgan fingerprint density at radius 1 is 1.58 bits per heavy atom. The van der Waals surface area contributed by atoms with Gasteiger partial charge in [-0.05, 0) is 25.7 Å². The van der Waals surface area contributed by atoms with Crippen molar-refractivity contribution in [2.45, 2.75) is 32.6 Å². The van der Waals surface area contributed by atoms with Gasteiger partial charge >= 0.3 is 5.97 Å². The van der Waals surface area contributed by atoms with Crippen molar-refractivity contribution in [1.29, 1.82) is 0 Å². The van der Waals surface area contributed by atoms with E-state index in [9.17, 15) is 9.59 Å². The van der Waals surface area contributed by atoms with Crippen LogP contribution in [0.3, 0.4) is 0 Å². The van der Waals surface area contributed by atoms with Gasteiger partial charge in [0.2, 0.25) is 0 Å². The fourth-order valence-corrected chi connectivity index (χ4v) is 2.31. The maximum absolute atomic E-state index is 11.9. The molecule has 19 heavy (non-hydrogen) atoms. The van der Waals surface area contributed by atoms with Crippen LogP contribution in [0, 0.1) is 12.8 Å². The van der Waals surface area contributed by atoms with Gasteiger partial charge < -0.3 is 14.8 Å². The summed E-state index contributed by atoms with van der Waals surface area (Å²) in [5.41, 5.74) is 0.871. The fourth-order valence-electron chi connectivity index (χ4n) is 2.31. The Morgan fingerprint density at radius 2 is 2.37 bits per heavy atom. The normalized spacial score (nSPS) is 18.7. The second-order valence-corrected chi connectivity index (χ2v) is 4.90. The standard InChI is InChI=1S/C13H18N2O4/c1-8-10(2-3-12(16)17)13(18)15-11(14-8)6-9-4-5-19-7-9/h9H,2-7H2,1H3,(H,16,17)(H,14,15,18). The maximum Gasteiger partial charge on any atom is 0.303 e. The molecule has 2 rings (SSSR count). The van der Waals surface area contributed by atoms with E-state index in [2.05, 4.69) is 9.97 Å². The number of carboxylic acids is 1. The Hall–Kier alpha value is -1.69. The smallest absolute Gasteiger partial charge is 0.303 e. The van der Waals surface area contributed by atoms with Gasteiger partial charge in [0, 0.05) is 37.3 Å². The van der Waals surface area contributed by atoms with Gasteiger partial charge in [0.25, 0.3) is 5.56 Å². The van der Waals surface area contributed by atoms with Crippen molar-refractivity contribution in [2.24, 2.45) is 5.92 Å². The minimum atomic E-state index is -0.911. The quantitative estimate of drug-likeness (QED) is 0.817. The van der Waals surface area contributed by atoms with E-state index in [0.29, 0.717) is 36.0 Å². The number of aryl methyl sites for hydroxylation is 1. The fraction of sp³-hybridized carbons (Fsp3) is 0.615. The van der Waals surface area contributed by atoms with Gasteiger partial charge in [-0.1, -0.05) is 0 Å². The molecule has 6 nitrogen and oxygen atoms in total. The van der Waals surface area contributed by atoms with Crippen molar-refractivity contribution < 1.29 is 14.6 Å². The minimum absolute atomic E-state index is 0.0542. The molecule has 1 unspecified atom stereocenters. The third-order valence-corrected chi connectivity index (χ3v) is 3.37. The van der Waals surface area contributed by atoms with E-state index < -0.39 is 5.97 Å². The molecule has 1 saturated heterocycles. The summed E-state index contributed by atoms with van der Waals surface area (Å²) in [7, 11) is 0. The zero-order valence-corrected chi connectivity index (χ0v) is 10.9. The summed E-state index contributed by atoms with van der Waals surface area (Å²) in [6.45, 7) is 3.23. The first-order chi connectivity index (χ1) is 9.06. The second-order valence-electron chi connectivity index (χ2n) is 4.90. The number of nitrogens with zero attached hydrogens (tertiary/aromatic N) is 1. The lowest BCUT2D eigenvalue weighted by molar-refractivity contribution is -0.136. The first-order valence-corrected chi connectivity index (χ1v) is 6.44. The number of H-pyrrole nitrogens is 1. The highest BCUT2D eigenvalue weighted by Gasteiger charge is 2.18. The maximum atomic E-state index is 11.9. The van der Waals surface area contributed by atoms with E-state index in [-0.39, 0.29) is 18.4 Å². The summed E-state index contributed by atoms with van der Waals surface area (Å²) in [6, 6.07) is 0. The highest BCUT2D eigenvalue weighted by atomic mass is 16.5. The average molecular weight is 266 g/mol. The Bertz CT molecular complexity index is 518. The summed E-state index contributed by atoms with van der Waals surface area (Å²) in [4.78, 5) is 29.6. The molecular formula is C13H18N2O4. The summed E-state index contributed by atoms with van der Waals surface area (Å²) >= 11 is 0. The molecule has 1 aliphatic rings. The number of aliphatic carboxylic acids is 1. The SMILES string of the molecule is Cc1nc(CC2CCOC2)[nH]c(=O)c1CCC(=O)O. The van der Waals surface area contributed by atoms with E-state index in [1.165, 1.54) is 0 Å². The van der Waals surface area contributed by atoms with Crippen LogP contribution in [0.15, 0.2) is 4.79 Å². The van der Waals surface area contributed by atoms with Crippen molar-refractivity contribution in [2.75, 3.05) is 13.2 Å². The topological polar surface area (TPSA) is 92.3 Å². The van der Waals surface area contributed by atoms with Crippen LogP contribution in [0.25, 0.3) is 0 Å². The second kappa shape index (κ2) is 5.97. The lowest BCUT2D eigenvalue weighted by atomic mass is 10.0. The molecule has 0 aliphatic carbocycles. The molecule has 1 aromatic rings. The first-order valence-electron chi connectivity index (χ1n) is 6.44. The van der Waals surface area contributed by atoms with Crippen LogP contribution in [-0.2, 0) is 22.4 Å². The number of carboxylic acid groups (broad SMARTS) is 1. The predicted molar refractivity (Wildman–Crippen MR) is 68.2 cm³/mol. The number of rotatable bonds is 5. The molecule has 2 N–H and O–H groups in total. The van der Waals surface area contributed by atoms with E-state index in [4.69, 9.17) is 9.84 Å². The van der Waals surface area contributed by atoms with Crippen molar-refractivity contribution in [3.63, 3.8) is 0 Å². The monoisotopic (exact) mass is 266 g/mol. The number of hydrogen-bond donors (Lipinski definition) is 2. The van der Waals surface area contributed by atoms with Crippen LogP contribution in [0.2, 0.25) is 0 Å². The molecule has 104 valence electrons. The van der Waals surface area contributed by atoms with Gasteiger partial charge in [-0.2, -0.15) is 0 Å². The zero-order chi connectivity index (χ0) is 13.8. The Labute approximate surface area is 110 Å². The largest absolute Gasteiger partial charge is 0.481 e. The van der Waals surface area contributed by atoms with E-state index in [0.717, 1.165) is 13.0 Å². The molecule has 1 fully saturated rings. The molecule has 0 saturated carbocycles. The van der Waals surface area contributed by atoms with Gasteiger partial charge in [-0.15, -0.1) is 0 Å². The van der Waals surface area contributed by atoms with Gasteiger partial charge in [0.1, 0.15) is 5.82 Å². The number of ether oxygens (including phenoxy) is 1. The van der Waals surface area contributed by atoms with Gasteiger partial charge in [0.15, 0.2) is 0 Å². The number of aromatic amines is 1. The van der Waals surface area contributed by atoms with Gasteiger partial charge in [0.05, 0.1) is 0 Å². The lowest BCUT2D eigenvalue weighted by Crippen LogP contribution is -2.21. The van der Waals surface area contributed by atoms with Crippen LogP contribution in [0.1, 0.15) is 29.9 Å². The van der Waals surface area contributed by atoms with Crippen molar-refractivity contribution >= 4 is 5.97 Å². The molecule has 0 aromatic carbocycles. The molecule has 0 amide bonds. The van der Waals surface area contributed by atoms with Crippen LogP contribution in [-0.4, -0.2) is 34.3 Å². The highest BCUT2D eigenvalue weighted by Crippen LogP contribution is 2.16. The predicted octanol–water partition coefficient (Wildman–Crippen LogP) is 0.675. The van der Waals surface area contributed by atoms with Crippen LogP contribution < -0.4 is 5.56 Å². The van der Waals surface area contributed by atoms with Crippen molar-refractivity contribution in [1.82, 2.24) is 9.97 Å². The molecular weight excluding hydrogens is 248 g/mol. The van der Waals surface area contributed by atoms with Crippen LogP contribution in [0.4, 0.5) is 0 Å². The van der Waals surface area contributed by atoms with Crippen molar-refractivity contribution in [3.8, 4) is 0 Å². The molecule has 2 heterocycles. The Kier molecular flexibility index (Phi) is 4.31. The van der Waals surface area contributed by atoms with Crippen LogP contribution in [0.5, 0.6) is 0 Å². The zero-order valence-electron chi connectivity index (χ0n) is 10.9. The van der Waals surface area contributed by atoms with Gasteiger partial charge in [-0.3, -0.25) is 9.59 Å². The Balaban J connectivity index is 2.11.